The number of amides is 1. The van der Waals surface area contributed by atoms with Crippen LogP contribution < -0.4 is 0 Å². The lowest BCUT2D eigenvalue weighted by Crippen LogP contribution is -2.50. The van der Waals surface area contributed by atoms with Gasteiger partial charge < -0.3 is 10.0 Å². The van der Waals surface area contributed by atoms with Crippen LogP contribution in [0.15, 0.2) is 29.6 Å². The Morgan fingerprint density at radius 3 is 2.50 bits per heavy atom. The molecular formula is C14H18N6O5S. The molecule has 1 fully saturated rings. The largest absolute Gasteiger partial charge is 0.480 e. The van der Waals surface area contributed by atoms with E-state index in [0.29, 0.717) is 0 Å². The molecule has 0 aromatic carbocycles. The van der Waals surface area contributed by atoms with Crippen LogP contribution in [0.4, 0.5) is 0 Å². The van der Waals surface area contributed by atoms with E-state index in [-0.39, 0.29) is 49.2 Å². The Morgan fingerprint density at radius 1 is 1.23 bits per heavy atom. The van der Waals surface area contributed by atoms with Gasteiger partial charge in [0, 0.05) is 45.6 Å². The predicted molar refractivity (Wildman–Crippen MR) is 87.7 cm³/mol. The lowest BCUT2D eigenvalue weighted by atomic mass is 10.3. The maximum absolute atomic E-state index is 12.6. The van der Waals surface area contributed by atoms with E-state index in [4.69, 9.17) is 5.11 Å². The zero-order valence-electron chi connectivity index (χ0n) is 14.0. The Kier molecular flexibility index (Phi) is 4.78. The number of aryl methyl sites for hydroxylation is 1. The molecule has 0 radical (unpaired) electrons. The Labute approximate surface area is 149 Å². The molecule has 26 heavy (non-hydrogen) atoms. The van der Waals surface area contributed by atoms with Crippen LogP contribution in [0.3, 0.4) is 0 Å². The lowest BCUT2D eigenvalue weighted by molar-refractivity contribution is -0.137. The molecule has 1 aliphatic heterocycles. The molecule has 0 unspecified atom stereocenters. The van der Waals surface area contributed by atoms with Crippen molar-refractivity contribution in [3.8, 4) is 0 Å². The van der Waals surface area contributed by atoms with Gasteiger partial charge in [0.05, 0.1) is 6.20 Å². The number of carbonyl (C=O) groups is 2. The molecule has 0 bridgehead atoms. The molecule has 2 aromatic heterocycles. The SMILES string of the molecule is Cn1cc(S(=O)(=O)N2CCN(C(=O)c3ccn(CC(=O)O)n3)CC2)cn1. The van der Waals surface area contributed by atoms with Gasteiger partial charge in [-0.3, -0.25) is 19.0 Å². The molecule has 11 nitrogen and oxygen atoms in total. The molecule has 0 atom stereocenters. The minimum absolute atomic E-state index is 0.118. The summed E-state index contributed by atoms with van der Waals surface area (Å²) in [4.78, 5) is 24.7. The maximum atomic E-state index is 12.6. The van der Waals surface area contributed by atoms with Gasteiger partial charge in [0.25, 0.3) is 5.91 Å². The summed E-state index contributed by atoms with van der Waals surface area (Å²) >= 11 is 0. The zero-order chi connectivity index (χ0) is 18.9. The van der Waals surface area contributed by atoms with E-state index in [1.165, 1.54) is 43.2 Å². The third kappa shape index (κ3) is 3.60. The van der Waals surface area contributed by atoms with Crippen molar-refractivity contribution in [2.24, 2.45) is 7.05 Å². The number of aliphatic carboxylic acids is 1. The van der Waals surface area contributed by atoms with Crippen molar-refractivity contribution in [3.05, 3.63) is 30.4 Å². The van der Waals surface area contributed by atoms with Gasteiger partial charge in [0.1, 0.15) is 17.1 Å². The summed E-state index contributed by atoms with van der Waals surface area (Å²) in [6.07, 6.45) is 4.15. The third-order valence-corrected chi connectivity index (χ3v) is 5.85. The standard InChI is InChI=1S/C14H18N6O5S/c1-17-9-11(8-15-17)26(24,25)20-6-4-18(5-7-20)14(23)12-2-3-19(16-12)10-13(21)22/h2-3,8-9H,4-7,10H2,1H3,(H,21,22). The number of hydrogen-bond donors (Lipinski definition) is 1. The molecular weight excluding hydrogens is 364 g/mol. The summed E-state index contributed by atoms with van der Waals surface area (Å²) in [7, 11) is -2.00. The second-order valence-electron chi connectivity index (χ2n) is 5.84. The van der Waals surface area contributed by atoms with Crippen LogP contribution >= 0.6 is 0 Å². The molecule has 140 valence electrons. The van der Waals surface area contributed by atoms with Crippen molar-refractivity contribution < 1.29 is 23.1 Å². The van der Waals surface area contributed by atoms with E-state index >= 15 is 0 Å². The highest BCUT2D eigenvalue weighted by atomic mass is 32.2. The summed E-state index contributed by atoms with van der Waals surface area (Å²) < 4.78 is 29.0. The highest BCUT2D eigenvalue weighted by molar-refractivity contribution is 7.89. The highest BCUT2D eigenvalue weighted by Gasteiger charge is 2.31. The Balaban J connectivity index is 1.64. The topological polar surface area (TPSA) is 131 Å². The second kappa shape index (κ2) is 6.88. The number of carbonyl (C=O) groups excluding carboxylic acids is 1. The first kappa shape index (κ1) is 18.1. The van der Waals surface area contributed by atoms with Crippen molar-refractivity contribution >= 4 is 21.9 Å². The maximum Gasteiger partial charge on any atom is 0.325 e. The van der Waals surface area contributed by atoms with Gasteiger partial charge in [-0.15, -0.1) is 0 Å². The number of aromatic nitrogens is 4. The number of carboxylic acid groups (broad SMARTS) is 1. The number of nitrogens with zero attached hydrogens (tertiary/aromatic N) is 6. The Bertz CT molecular complexity index is 925. The summed E-state index contributed by atoms with van der Waals surface area (Å²) in [6, 6.07) is 1.45. The fourth-order valence-electron chi connectivity index (χ4n) is 2.68. The van der Waals surface area contributed by atoms with E-state index in [9.17, 15) is 18.0 Å². The van der Waals surface area contributed by atoms with E-state index in [1.54, 1.807) is 7.05 Å². The molecule has 1 amide bonds. The first-order valence-electron chi connectivity index (χ1n) is 7.80. The van der Waals surface area contributed by atoms with E-state index in [0.717, 1.165) is 0 Å². The van der Waals surface area contributed by atoms with Crippen LogP contribution in [0.1, 0.15) is 10.5 Å². The van der Waals surface area contributed by atoms with E-state index < -0.39 is 16.0 Å². The summed E-state index contributed by atoms with van der Waals surface area (Å²) in [5.74, 6) is -1.41. The molecule has 1 saturated heterocycles. The number of sulfonamides is 1. The number of hydrogen-bond acceptors (Lipinski definition) is 6. The van der Waals surface area contributed by atoms with Crippen LogP contribution in [0.25, 0.3) is 0 Å². The molecule has 12 heteroatoms. The Morgan fingerprint density at radius 2 is 1.92 bits per heavy atom. The van der Waals surface area contributed by atoms with Gasteiger partial charge in [-0.05, 0) is 6.07 Å². The fourth-order valence-corrected chi connectivity index (χ4v) is 4.09. The van der Waals surface area contributed by atoms with Gasteiger partial charge in [-0.25, -0.2) is 8.42 Å². The lowest BCUT2D eigenvalue weighted by Gasteiger charge is -2.33. The predicted octanol–water partition coefficient (Wildman–Crippen LogP) is -1.15. The normalized spacial score (nSPS) is 16.0. The molecule has 3 rings (SSSR count). The minimum atomic E-state index is -3.64. The van der Waals surface area contributed by atoms with Gasteiger partial charge in [0.2, 0.25) is 10.0 Å². The quantitative estimate of drug-likeness (QED) is 0.691. The average molecular weight is 382 g/mol. The van der Waals surface area contributed by atoms with Gasteiger partial charge in [-0.1, -0.05) is 0 Å². The molecule has 3 heterocycles. The number of rotatable bonds is 5. The number of carboxylic acids is 1. The molecule has 2 aromatic rings. The fraction of sp³-hybridized carbons (Fsp3) is 0.429. The molecule has 0 saturated carbocycles. The van der Waals surface area contributed by atoms with Crippen LogP contribution in [-0.4, -0.2) is 80.3 Å². The van der Waals surface area contributed by atoms with Gasteiger partial charge in [-0.2, -0.15) is 14.5 Å². The van der Waals surface area contributed by atoms with Gasteiger partial charge >= 0.3 is 5.97 Å². The summed E-state index contributed by atoms with van der Waals surface area (Å²) in [5, 5.41) is 16.6. The van der Waals surface area contributed by atoms with Gasteiger partial charge in [0.15, 0.2) is 0 Å². The second-order valence-corrected chi connectivity index (χ2v) is 7.78. The highest BCUT2D eigenvalue weighted by Crippen LogP contribution is 2.17. The molecule has 0 aliphatic carbocycles. The van der Waals surface area contributed by atoms with Crippen molar-refractivity contribution in [1.29, 1.82) is 0 Å². The first-order valence-corrected chi connectivity index (χ1v) is 9.25. The van der Waals surface area contributed by atoms with Crippen LogP contribution in [0.2, 0.25) is 0 Å². The van der Waals surface area contributed by atoms with Crippen molar-refractivity contribution in [1.82, 2.24) is 28.8 Å². The van der Waals surface area contributed by atoms with Crippen molar-refractivity contribution in [2.75, 3.05) is 26.2 Å². The molecule has 0 spiro atoms. The third-order valence-electron chi connectivity index (χ3n) is 4.00. The van der Waals surface area contributed by atoms with Crippen molar-refractivity contribution in [3.63, 3.8) is 0 Å². The Hall–Kier alpha value is -2.73. The summed E-state index contributed by atoms with van der Waals surface area (Å²) in [5.41, 5.74) is 0.134. The summed E-state index contributed by atoms with van der Waals surface area (Å²) in [6.45, 7) is 0.455. The van der Waals surface area contributed by atoms with Crippen molar-refractivity contribution in [2.45, 2.75) is 11.4 Å². The monoisotopic (exact) mass is 382 g/mol. The molecule has 1 aliphatic rings. The first-order chi connectivity index (χ1) is 12.3. The minimum Gasteiger partial charge on any atom is -0.480 e. The average Bonchev–Trinajstić information content (AvgIpc) is 3.23. The van der Waals surface area contributed by atoms with Crippen LogP contribution in [0.5, 0.6) is 0 Å². The van der Waals surface area contributed by atoms with E-state index in [2.05, 4.69) is 10.2 Å². The molecule has 1 N–H and O–H groups in total. The smallest absolute Gasteiger partial charge is 0.325 e. The van der Waals surface area contributed by atoms with Crippen LogP contribution in [0, 0.1) is 0 Å². The number of piperazine rings is 1. The van der Waals surface area contributed by atoms with Crippen LogP contribution in [-0.2, 0) is 28.4 Å². The van der Waals surface area contributed by atoms with E-state index in [1.807, 2.05) is 0 Å². The zero-order valence-corrected chi connectivity index (χ0v) is 14.8.